The molecule has 0 unspecified atom stereocenters. The zero-order valence-corrected chi connectivity index (χ0v) is 7.98. The van der Waals surface area contributed by atoms with Gasteiger partial charge in [0.15, 0.2) is 0 Å². The number of aromatic nitrogens is 2. The molecule has 0 saturated carbocycles. The van der Waals surface area contributed by atoms with Gasteiger partial charge < -0.3 is 4.57 Å². The third-order valence-electron chi connectivity index (χ3n) is 1.89. The summed E-state index contributed by atoms with van der Waals surface area (Å²) in [6.45, 7) is 0. The Balaban J connectivity index is 2.52. The molecule has 0 spiro atoms. The van der Waals surface area contributed by atoms with Crippen molar-refractivity contribution in [2.45, 2.75) is 0 Å². The van der Waals surface area contributed by atoms with E-state index in [2.05, 4.69) is 4.98 Å². The molecule has 0 aromatic carbocycles. The summed E-state index contributed by atoms with van der Waals surface area (Å²) in [5, 5.41) is -0.466. The van der Waals surface area contributed by atoms with Gasteiger partial charge >= 0.3 is 0 Å². The van der Waals surface area contributed by atoms with Crippen LogP contribution in [-0.2, 0) is 0 Å². The van der Waals surface area contributed by atoms with E-state index in [9.17, 15) is 4.79 Å². The molecule has 2 rings (SSSR count). The van der Waals surface area contributed by atoms with Crippen LogP contribution < -0.4 is 0 Å². The summed E-state index contributed by atoms with van der Waals surface area (Å²) < 4.78 is 1.72. The molecule has 2 heterocycles. The fourth-order valence-electron chi connectivity index (χ4n) is 1.27. The van der Waals surface area contributed by atoms with Gasteiger partial charge in [0.25, 0.3) is 5.24 Å². The summed E-state index contributed by atoms with van der Waals surface area (Å²) >= 11 is 5.42. The van der Waals surface area contributed by atoms with Crippen molar-refractivity contribution in [2.24, 2.45) is 0 Å². The maximum Gasteiger partial charge on any atom is 0.269 e. The molecule has 3 nitrogen and oxygen atoms in total. The molecule has 0 saturated heterocycles. The summed E-state index contributed by atoms with van der Waals surface area (Å²) in [4.78, 5) is 14.9. The van der Waals surface area contributed by atoms with Gasteiger partial charge in [-0.3, -0.25) is 9.78 Å². The van der Waals surface area contributed by atoms with Gasteiger partial charge in [-0.15, -0.1) is 0 Å². The smallest absolute Gasteiger partial charge is 0.269 e. The van der Waals surface area contributed by atoms with Gasteiger partial charge in [0.05, 0.1) is 0 Å². The van der Waals surface area contributed by atoms with Gasteiger partial charge in [-0.25, -0.2) is 0 Å². The highest BCUT2D eigenvalue weighted by atomic mass is 35.5. The van der Waals surface area contributed by atoms with Gasteiger partial charge in [-0.05, 0) is 35.9 Å². The third-order valence-corrected chi connectivity index (χ3v) is 2.08. The molecule has 0 atom stereocenters. The van der Waals surface area contributed by atoms with Crippen molar-refractivity contribution in [3.8, 4) is 5.69 Å². The molecule has 0 aliphatic rings. The maximum atomic E-state index is 11.0. The minimum absolute atomic E-state index is 0.456. The molecule has 0 aliphatic heterocycles. The largest absolute Gasteiger partial charge is 0.313 e. The molecule has 4 heteroatoms. The monoisotopic (exact) mass is 206 g/mol. The maximum absolute atomic E-state index is 11.0. The fourth-order valence-corrected chi connectivity index (χ4v) is 1.42. The number of carbonyl (C=O) groups is 1. The van der Waals surface area contributed by atoms with Gasteiger partial charge in [0, 0.05) is 24.3 Å². The Morgan fingerprint density at radius 3 is 2.64 bits per heavy atom. The lowest BCUT2D eigenvalue weighted by Gasteiger charge is -2.04. The highest BCUT2D eigenvalue weighted by molar-refractivity contribution is 6.67. The highest BCUT2D eigenvalue weighted by Gasteiger charge is 2.08. The third kappa shape index (κ3) is 1.54. The summed E-state index contributed by atoms with van der Waals surface area (Å²) in [6, 6.07) is 7.07. The van der Waals surface area contributed by atoms with Crippen molar-refractivity contribution in [2.75, 3.05) is 0 Å². The lowest BCUT2D eigenvalue weighted by atomic mass is 10.4. The van der Waals surface area contributed by atoms with Crippen LogP contribution in [0.3, 0.4) is 0 Å². The zero-order valence-electron chi connectivity index (χ0n) is 7.22. The lowest BCUT2D eigenvalue weighted by Crippen LogP contribution is -2.01. The molecule has 14 heavy (non-hydrogen) atoms. The average molecular weight is 207 g/mol. The Kier molecular flexibility index (Phi) is 2.33. The van der Waals surface area contributed by atoms with Crippen molar-refractivity contribution >= 4 is 16.8 Å². The number of halogens is 1. The van der Waals surface area contributed by atoms with E-state index < -0.39 is 5.24 Å². The van der Waals surface area contributed by atoms with Crippen LogP contribution in [0, 0.1) is 0 Å². The van der Waals surface area contributed by atoms with Crippen LogP contribution in [0.15, 0.2) is 42.9 Å². The first kappa shape index (κ1) is 8.97. The van der Waals surface area contributed by atoms with Crippen LogP contribution in [0.5, 0.6) is 0 Å². The van der Waals surface area contributed by atoms with Crippen molar-refractivity contribution in [1.29, 1.82) is 0 Å². The second kappa shape index (κ2) is 3.64. The van der Waals surface area contributed by atoms with Crippen molar-refractivity contribution < 1.29 is 4.79 Å². The molecule has 0 amide bonds. The predicted octanol–water partition coefficient (Wildman–Crippen LogP) is 2.25. The first-order valence-corrected chi connectivity index (χ1v) is 4.44. The number of nitrogens with zero attached hydrogens (tertiary/aromatic N) is 2. The summed E-state index contributed by atoms with van der Waals surface area (Å²) in [5.74, 6) is 0. The summed E-state index contributed by atoms with van der Waals surface area (Å²) in [6.07, 6.45) is 5.11. The molecular weight excluding hydrogens is 200 g/mol. The Hall–Kier alpha value is -1.61. The van der Waals surface area contributed by atoms with E-state index in [1.165, 1.54) is 0 Å². The lowest BCUT2D eigenvalue weighted by molar-refractivity contribution is 0.107. The van der Waals surface area contributed by atoms with Crippen LogP contribution in [-0.4, -0.2) is 14.8 Å². The fraction of sp³-hybridized carbons (Fsp3) is 0. The van der Waals surface area contributed by atoms with E-state index in [0.29, 0.717) is 5.69 Å². The van der Waals surface area contributed by atoms with Gasteiger partial charge in [-0.2, -0.15) is 0 Å². The zero-order chi connectivity index (χ0) is 9.97. The van der Waals surface area contributed by atoms with Crippen LogP contribution in [0.1, 0.15) is 10.5 Å². The minimum atomic E-state index is -0.466. The minimum Gasteiger partial charge on any atom is -0.313 e. The van der Waals surface area contributed by atoms with Crippen LogP contribution in [0.4, 0.5) is 0 Å². The molecule has 2 aromatic rings. The Bertz CT molecular complexity index is 450. The number of rotatable bonds is 2. The quantitative estimate of drug-likeness (QED) is 0.707. The van der Waals surface area contributed by atoms with Crippen LogP contribution >= 0.6 is 11.6 Å². The molecule has 2 aromatic heterocycles. The van der Waals surface area contributed by atoms with E-state index in [4.69, 9.17) is 11.6 Å². The first-order valence-electron chi connectivity index (χ1n) is 4.06. The molecule has 0 fully saturated rings. The Morgan fingerprint density at radius 1 is 1.29 bits per heavy atom. The predicted molar refractivity (Wildman–Crippen MR) is 53.7 cm³/mol. The second-order valence-electron chi connectivity index (χ2n) is 2.74. The average Bonchev–Trinajstić information content (AvgIpc) is 2.67. The Labute approximate surface area is 86.0 Å². The SMILES string of the molecule is O=C(Cl)c1cccn1-c1ccncc1. The topological polar surface area (TPSA) is 34.9 Å². The second-order valence-corrected chi connectivity index (χ2v) is 3.09. The summed E-state index contributed by atoms with van der Waals surface area (Å²) in [5.41, 5.74) is 1.33. The first-order chi connectivity index (χ1) is 6.79. The Morgan fingerprint density at radius 2 is 2.00 bits per heavy atom. The number of hydrogen-bond donors (Lipinski definition) is 0. The number of carbonyl (C=O) groups excluding carboxylic acids is 1. The standard InChI is InChI=1S/C10H7ClN2O/c11-10(14)9-2-1-7-13(9)8-3-5-12-6-4-8/h1-7H. The van der Waals surface area contributed by atoms with Gasteiger partial charge in [0.2, 0.25) is 0 Å². The van der Waals surface area contributed by atoms with Gasteiger partial charge in [-0.1, -0.05) is 0 Å². The number of hydrogen-bond acceptors (Lipinski definition) is 2. The normalized spacial score (nSPS) is 10.1. The molecular formula is C10H7ClN2O. The number of pyridine rings is 1. The summed E-state index contributed by atoms with van der Waals surface area (Å²) in [7, 11) is 0. The van der Waals surface area contributed by atoms with E-state index in [1.807, 2.05) is 12.1 Å². The van der Waals surface area contributed by atoms with Crippen molar-refractivity contribution in [3.05, 3.63) is 48.5 Å². The highest BCUT2D eigenvalue weighted by Crippen LogP contribution is 2.13. The van der Waals surface area contributed by atoms with E-state index >= 15 is 0 Å². The molecule has 0 N–H and O–H groups in total. The van der Waals surface area contributed by atoms with Gasteiger partial charge in [0.1, 0.15) is 5.69 Å². The molecule has 70 valence electrons. The molecule has 0 bridgehead atoms. The molecule has 0 radical (unpaired) electrons. The van der Waals surface area contributed by atoms with Crippen LogP contribution in [0.2, 0.25) is 0 Å². The van der Waals surface area contributed by atoms with Crippen molar-refractivity contribution in [3.63, 3.8) is 0 Å². The molecule has 0 aliphatic carbocycles. The van der Waals surface area contributed by atoms with Crippen LogP contribution in [0.25, 0.3) is 5.69 Å². The van der Waals surface area contributed by atoms with Crippen molar-refractivity contribution in [1.82, 2.24) is 9.55 Å². The van der Waals surface area contributed by atoms with E-state index in [-0.39, 0.29) is 0 Å². The van der Waals surface area contributed by atoms with E-state index in [1.54, 1.807) is 35.3 Å². The van der Waals surface area contributed by atoms with E-state index in [0.717, 1.165) is 5.69 Å².